The fraction of sp³-hybridized carbons (Fsp3) is 0.111. The second kappa shape index (κ2) is 6.15. The number of rotatable bonds is 4. The molecule has 0 spiro atoms. The minimum Gasteiger partial charge on any atom is -0.407 e. The zero-order valence-corrected chi connectivity index (χ0v) is 12.2. The molecule has 4 heteroatoms. The molecular formula is C18H15N3O. The van der Waals surface area contributed by atoms with Crippen LogP contribution >= 0.6 is 0 Å². The van der Waals surface area contributed by atoms with Crippen LogP contribution in [-0.4, -0.2) is 9.71 Å². The summed E-state index contributed by atoms with van der Waals surface area (Å²) in [6, 6.07) is 19.5. The van der Waals surface area contributed by atoms with Crippen LogP contribution < -0.4 is 4.84 Å². The van der Waals surface area contributed by atoms with E-state index in [0.717, 1.165) is 16.8 Å². The lowest BCUT2D eigenvalue weighted by Gasteiger charge is -2.10. The molecule has 0 amide bonds. The van der Waals surface area contributed by atoms with Crippen LogP contribution in [0.5, 0.6) is 0 Å². The number of aryl methyl sites for hydroxylation is 1. The normalized spacial score (nSPS) is 10.2. The SMILES string of the molecule is Cc1cn(OCc2ccccc2)c(-c2cccc(C#N)c2)n1. The van der Waals surface area contributed by atoms with E-state index in [0.29, 0.717) is 18.0 Å². The predicted octanol–water partition coefficient (Wildman–Crippen LogP) is 3.36. The molecule has 0 N–H and O–H groups in total. The van der Waals surface area contributed by atoms with E-state index in [2.05, 4.69) is 11.1 Å². The summed E-state index contributed by atoms with van der Waals surface area (Å²) in [4.78, 5) is 10.3. The number of imidazole rings is 1. The van der Waals surface area contributed by atoms with Gasteiger partial charge in [-0.25, -0.2) is 4.98 Å². The van der Waals surface area contributed by atoms with Gasteiger partial charge < -0.3 is 4.84 Å². The Kier molecular flexibility index (Phi) is 3.88. The van der Waals surface area contributed by atoms with Gasteiger partial charge in [-0.2, -0.15) is 9.99 Å². The predicted molar refractivity (Wildman–Crippen MR) is 83.8 cm³/mol. The molecule has 0 aliphatic heterocycles. The lowest BCUT2D eigenvalue weighted by Crippen LogP contribution is -2.11. The van der Waals surface area contributed by atoms with Crippen molar-refractivity contribution in [1.29, 1.82) is 5.26 Å². The summed E-state index contributed by atoms with van der Waals surface area (Å²) in [5, 5.41) is 9.03. The fourth-order valence-electron chi connectivity index (χ4n) is 2.21. The Labute approximate surface area is 129 Å². The Balaban J connectivity index is 1.88. The Hall–Kier alpha value is -3.06. The lowest BCUT2D eigenvalue weighted by molar-refractivity contribution is 0.101. The smallest absolute Gasteiger partial charge is 0.175 e. The van der Waals surface area contributed by atoms with Crippen LogP contribution in [0.3, 0.4) is 0 Å². The van der Waals surface area contributed by atoms with E-state index >= 15 is 0 Å². The van der Waals surface area contributed by atoms with Gasteiger partial charge in [-0.15, -0.1) is 0 Å². The fourth-order valence-corrected chi connectivity index (χ4v) is 2.21. The van der Waals surface area contributed by atoms with E-state index in [4.69, 9.17) is 10.1 Å². The van der Waals surface area contributed by atoms with Gasteiger partial charge in [-0.05, 0) is 24.6 Å². The zero-order valence-electron chi connectivity index (χ0n) is 12.2. The first-order chi connectivity index (χ1) is 10.8. The molecule has 3 rings (SSSR count). The van der Waals surface area contributed by atoms with E-state index in [9.17, 15) is 0 Å². The van der Waals surface area contributed by atoms with Crippen LogP contribution in [0.4, 0.5) is 0 Å². The van der Waals surface area contributed by atoms with Crippen molar-refractivity contribution in [2.75, 3.05) is 0 Å². The Morgan fingerprint density at radius 1 is 1.14 bits per heavy atom. The molecule has 108 valence electrons. The summed E-state index contributed by atoms with van der Waals surface area (Å²) >= 11 is 0. The number of aromatic nitrogens is 2. The van der Waals surface area contributed by atoms with Gasteiger partial charge in [0.15, 0.2) is 5.82 Å². The van der Waals surface area contributed by atoms with Crippen LogP contribution in [0.15, 0.2) is 60.8 Å². The molecule has 0 unspecified atom stereocenters. The van der Waals surface area contributed by atoms with E-state index in [-0.39, 0.29) is 0 Å². The first kappa shape index (κ1) is 13.9. The van der Waals surface area contributed by atoms with Gasteiger partial charge in [0.25, 0.3) is 0 Å². The van der Waals surface area contributed by atoms with Gasteiger partial charge in [0.2, 0.25) is 0 Å². The van der Waals surface area contributed by atoms with Crippen molar-refractivity contribution < 1.29 is 4.84 Å². The van der Waals surface area contributed by atoms with E-state index in [1.807, 2.05) is 61.7 Å². The van der Waals surface area contributed by atoms with E-state index < -0.39 is 0 Å². The number of nitriles is 1. The molecule has 3 aromatic rings. The average Bonchev–Trinajstić information content (AvgIpc) is 2.95. The monoisotopic (exact) mass is 289 g/mol. The van der Waals surface area contributed by atoms with Crippen LogP contribution in [-0.2, 0) is 6.61 Å². The molecule has 22 heavy (non-hydrogen) atoms. The van der Waals surface area contributed by atoms with Gasteiger partial charge >= 0.3 is 0 Å². The van der Waals surface area contributed by atoms with Crippen LogP contribution in [0, 0.1) is 18.3 Å². The summed E-state index contributed by atoms with van der Waals surface area (Å²) in [5.74, 6) is 0.700. The molecule has 4 nitrogen and oxygen atoms in total. The molecule has 0 bridgehead atoms. The molecule has 0 fully saturated rings. The minimum absolute atomic E-state index is 0.460. The molecule has 0 aliphatic carbocycles. The van der Waals surface area contributed by atoms with Crippen LogP contribution in [0.2, 0.25) is 0 Å². The van der Waals surface area contributed by atoms with Crippen molar-refractivity contribution in [3.8, 4) is 17.5 Å². The number of hydrogen-bond donors (Lipinski definition) is 0. The molecule has 0 saturated carbocycles. The maximum Gasteiger partial charge on any atom is 0.175 e. The molecule has 1 aromatic heterocycles. The number of benzene rings is 2. The maximum atomic E-state index is 9.03. The lowest BCUT2D eigenvalue weighted by atomic mass is 10.1. The Bertz CT molecular complexity index is 816. The molecular weight excluding hydrogens is 274 g/mol. The second-order valence-corrected chi connectivity index (χ2v) is 4.98. The summed E-state index contributed by atoms with van der Waals surface area (Å²) in [6.45, 7) is 2.38. The molecule has 1 heterocycles. The molecule has 0 radical (unpaired) electrons. The number of nitrogens with zero attached hydrogens (tertiary/aromatic N) is 3. The van der Waals surface area contributed by atoms with Crippen molar-refractivity contribution in [3.63, 3.8) is 0 Å². The summed E-state index contributed by atoms with van der Waals surface area (Å²) in [7, 11) is 0. The Morgan fingerprint density at radius 3 is 2.73 bits per heavy atom. The first-order valence-electron chi connectivity index (χ1n) is 7.00. The van der Waals surface area contributed by atoms with Gasteiger partial charge in [0, 0.05) is 5.56 Å². The second-order valence-electron chi connectivity index (χ2n) is 4.98. The first-order valence-corrected chi connectivity index (χ1v) is 7.00. The van der Waals surface area contributed by atoms with Crippen LogP contribution in [0.1, 0.15) is 16.8 Å². The third kappa shape index (κ3) is 2.99. The standard InChI is InChI=1S/C18H15N3O/c1-14-12-21(22-13-15-6-3-2-4-7-15)18(20-14)17-9-5-8-16(10-17)11-19/h2-10,12H,13H2,1H3. The Morgan fingerprint density at radius 2 is 1.95 bits per heavy atom. The van der Waals surface area contributed by atoms with Crippen molar-refractivity contribution in [1.82, 2.24) is 9.71 Å². The topological polar surface area (TPSA) is 50.8 Å². The number of hydrogen-bond acceptors (Lipinski definition) is 3. The van der Waals surface area contributed by atoms with Crippen molar-refractivity contribution in [2.24, 2.45) is 0 Å². The van der Waals surface area contributed by atoms with Crippen molar-refractivity contribution in [3.05, 3.63) is 77.6 Å². The van der Waals surface area contributed by atoms with E-state index in [1.165, 1.54) is 0 Å². The molecule has 0 atom stereocenters. The zero-order chi connectivity index (χ0) is 15.4. The third-order valence-corrected chi connectivity index (χ3v) is 3.26. The highest BCUT2D eigenvalue weighted by Gasteiger charge is 2.10. The largest absolute Gasteiger partial charge is 0.407 e. The van der Waals surface area contributed by atoms with Crippen molar-refractivity contribution >= 4 is 0 Å². The van der Waals surface area contributed by atoms with Gasteiger partial charge in [-0.3, -0.25) is 0 Å². The summed E-state index contributed by atoms with van der Waals surface area (Å²) in [5.41, 5.74) is 3.42. The molecule has 0 saturated heterocycles. The van der Waals surface area contributed by atoms with Crippen LogP contribution in [0.25, 0.3) is 11.4 Å². The third-order valence-electron chi connectivity index (χ3n) is 3.26. The minimum atomic E-state index is 0.460. The van der Waals surface area contributed by atoms with E-state index in [1.54, 1.807) is 10.8 Å². The van der Waals surface area contributed by atoms with Crippen molar-refractivity contribution in [2.45, 2.75) is 13.5 Å². The average molecular weight is 289 g/mol. The van der Waals surface area contributed by atoms with Gasteiger partial charge in [-0.1, -0.05) is 42.5 Å². The van der Waals surface area contributed by atoms with Gasteiger partial charge in [0.05, 0.1) is 23.5 Å². The molecule has 0 aliphatic rings. The molecule has 2 aromatic carbocycles. The maximum absolute atomic E-state index is 9.03. The summed E-state index contributed by atoms with van der Waals surface area (Å²) < 4.78 is 1.67. The highest BCUT2D eigenvalue weighted by molar-refractivity contribution is 5.58. The highest BCUT2D eigenvalue weighted by Crippen LogP contribution is 2.19. The quantitative estimate of drug-likeness (QED) is 0.740. The highest BCUT2D eigenvalue weighted by atomic mass is 16.7. The summed E-state index contributed by atoms with van der Waals surface area (Å²) in [6.07, 6.45) is 1.84. The van der Waals surface area contributed by atoms with Gasteiger partial charge in [0.1, 0.15) is 6.61 Å².